The van der Waals surface area contributed by atoms with Crippen molar-refractivity contribution in [1.29, 1.82) is 0 Å². The molecule has 4 N–H and O–H groups in total. The van der Waals surface area contributed by atoms with Gasteiger partial charge in [0.2, 0.25) is 5.95 Å². The van der Waals surface area contributed by atoms with Crippen molar-refractivity contribution >= 4 is 11.8 Å². The quantitative estimate of drug-likeness (QED) is 0.455. The number of rotatable bonds is 2. The zero-order valence-electron chi connectivity index (χ0n) is 8.64. The van der Waals surface area contributed by atoms with Crippen LogP contribution in [0.4, 0.5) is 11.8 Å². The van der Waals surface area contributed by atoms with Crippen LogP contribution in [0.1, 0.15) is 12.0 Å². The van der Waals surface area contributed by atoms with E-state index in [1.807, 2.05) is 11.8 Å². The van der Waals surface area contributed by atoms with Crippen molar-refractivity contribution in [2.45, 2.75) is 19.4 Å². The fraction of sp³-hybridized carbons (Fsp3) is 0.556. The maximum atomic E-state index is 9.45. The molecule has 2 heterocycles. The van der Waals surface area contributed by atoms with E-state index in [-0.39, 0.29) is 6.10 Å². The van der Waals surface area contributed by atoms with E-state index >= 15 is 0 Å². The van der Waals surface area contributed by atoms with Crippen molar-refractivity contribution < 1.29 is 5.11 Å². The molecule has 0 spiro atoms. The summed E-state index contributed by atoms with van der Waals surface area (Å²) in [6.45, 7) is 3.39. The van der Waals surface area contributed by atoms with E-state index in [0.29, 0.717) is 12.5 Å². The minimum absolute atomic E-state index is 0.256. The van der Waals surface area contributed by atoms with Gasteiger partial charge in [-0.05, 0) is 13.3 Å². The molecule has 0 saturated carbocycles. The SMILES string of the molecule is Cc1cnc(NN)nc1N1CCC(O)C1. The van der Waals surface area contributed by atoms with Gasteiger partial charge in [-0.1, -0.05) is 0 Å². The molecule has 6 heteroatoms. The molecule has 1 aromatic rings. The van der Waals surface area contributed by atoms with Crippen molar-refractivity contribution in [1.82, 2.24) is 9.97 Å². The van der Waals surface area contributed by atoms with Crippen molar-refractivity contribution in [2.75, 3.05) is 23.4 Å². The van der Waals surface area contributed by atoms with E-state index < -0.39 is 0 Å². The number of aliphatic hydroxyl groups is 1. The Bertz CT molecular complexity index is 356. The predicted molar refractivity (Wildman–Crippen MR) is 57.4 cm³/mol. The fourth-order valence-electron chi connectivity index (χ4n) is 1.76. The number of hydrazine groups is 1. The number of nitrogens with two attached hydrogens (primary N) is 1. The molecule has 6 nitrogen and oxygen atoms in total. The largest absolute Gasteiger partial charge is 0.391 e. The number of nitrogens with one attached hydrogen (secondary N) is 1. The summed E-state index contributed by atoms with van der Waals surface area (Å²) in [5.74, 6) is 6.49. The van der Waals surface area contributed by atoms with Gasteiger partial charge in [-0.15, -0.1) is 0 Å². The molecule has 15 heavy (non-hydrogen) atoms. The maximum Gasteiger partial charge on any atom is 0.239 e. The first kappa shape index (κ1) is 10.1. The molecule has 0 aromatic carbocycles. The number of aromatic nitrogens is 2. The Morgan fingerprint density at radius 2 is 2.47 bits per heavy atom. The predicted octanol–water partition coefficient (Wildman–Crippen LogP) is -0.358. The van der Waals surface area contributed by atoms with E-state index in [1.165, 1.54) is 0 Å². The summed E-state index contributed by atoms with van der Waals surface area (Å²) >= 11 is 0. The molecule has 82 valence electrons. The third-order valence-corrected chi connectivity index (χ3v) is 2.54. The Balaban J connectivity index is 2.26. The van der Waals surface area contributed by atoms with Crippen molar-refractivity contribution in [3.8, 4) is 0 Å². The van der Waals surface area contributed by atoms with Crippen LogP contribution in [0.25, 0.3) is 0 Å². The van der Waals surface area contributed by atoms with Crippen LogP contribution >= 0.6 is 0 Å². The summed E-state index contributed by atoms with van der Waals surface area (Å²) in [4.78, 5) is 10.3. The zero-order valence-corrected chi connectivity index (χ0v) is 8.64. The molecule has 1 aliphatic rings. The van der Waals surface area contributed by atoms with E-state index in [0.717, 1.165) is 24.3 Å². The molecule has 1 fully saturated rings. The summed E-state index contributed by atoms with van der Waals surface area (Å²) in [5.41, 5.74) is 3.41. The average Bonchev–Trinajstić information content (AvgIpc) is 2.65. The second-order valence-corrected chi connectivity index (χ2v) is 3.73. The molecule has 0 bridgehead atoms. The lowest BCUT2D eigenvalue weighted by atomic mass is 10.3. The number of hydrogen-bond donors (Lipinski definition) is 3. The number of nitrogen functional groups attached to an aromatic ring is 1. The van der Waals surface area contributed by atoms with Crippen LogP contribution in [-0.2, 0) is 0 Å². The van der Waals surface area contributed by atoms with Crippen molar-refractivity contribution in [3.05, 3.63) is 11.8 Å². The second kappa shape index (κ2) is 4.00. The number of β-amino-alcohol motifs (C(OH)–C–C–N with tert-alkyl or cyclic N) is 1. The first-order valence-corrected chi connectivity index (χ1v) is 4.94. The monoisotopic (exact) mass is 209 g/mol. The zero-order chi connectivity index (χ0) is 10.8. The van der Waals surface area contributed by atoms with E-state index in [1.54, 1.807) is 6.20 Å². The number of aliphatic hydroxyl groups excluding tert-OH is 1. The first-order valence-electron chi connectivity index (χ1n) is 4.94. The molecule has 2 rings (SSSR count). The van der Waals surface area contributed by atoms with Gasteiger partial charge in [0.05, 0.1) is 6.10 Å². The van der Waals surface area contributed by atoms with Crippen LogP contribution in [0, 0.1) is 6.92 Å². The molecular weight excluding hydrogens is 194 g/mol. The van der Waals surface area contributed by atoms with Gasteiger partial charge in [0.15, 0.2) is 0 Å². The number of anilines is 2. The highest BCUT2D eigenvalue weighted by atomic mass is 16.3. The summed E-state index contributed by atoms with van der Waals surface area (Å²) in [6.07, 6.45) is 2.26. The topological polar surface area (TPSA) is 87.3 Å². The molecule has 0 amide bonds. The van der Waals surface area contributed by atoms with Gasteiger partial charge in [0.1, 0.15) is 5.82 Å². The van der Waals surface area contributed by atoms with Crippen molar-refractivity contribution in [2.24, 2.45) is 5.84 Å². The Hall–Kier alpha value is -1.40. The Kier molecular flexibility index (Phi) is 2.70. The van der Waals surface area contributed by atoms with Gasteiger partial charge in [-0.3, -0.25) is 5.43 Å². The third-order valence-electron chi connectivity index (χ3n) is 2.54. The highest BCUT2D eigenvalue weighted by Crippen LogP contribution is 2.22. The number of aryl methyl sites for hydroxylation is 1. The summed E-state index contributed by atoms with van der Waals surface area (Å²) in [7, 11) is 0. The Labute approximate surface area is 88.1 Å². The van der Waals surface area contributed by atoms with E-state index in [2.05, 4.69) is 15.4 Å². The lowest BCUT2D eigenvalue weighted by Gasteiger charge is -2.18. The van der Waals surface area contributed by atoms with Gasteiger partial charge in [-0.25, -0.2) is 10.8 Å². The lowest BCUT2D eigenvalue weighted by molar-refractivity contribution is 0.198. The van der Waals surface area contributed by atoms with Crippen LogP contribution in [0.2, 0.25) is 0 Å². The van der Waals surface area contributed by atoms with Gasteiger partial charge < -0.3 is 10.0 Å². The molecule has 1 atom stereocenters. The van der Waals surface area contributed by atoms with Crippen molar-refractivity contribution in [3.63, 3.8) is 0 Å². The summed E-state index contributed by atoms with van der Waals surface area (Å²) < 4.78 is 0. The Morgan fingerprint density at radius 3 is 3.07 bits per heavy atom. The molecule has 1 aromatic heterocycles. The average molecular weight is 209 g/mol. The maximum absolute atomic E-state index is 9.45. The molecule has 0 radical (unpaired) electrons. The summed E-state index contributed by atoms with van der Waals surface area (Å²) in [5, 5.41) is 9.45. The van der Waals surface area contributed by atoms with Gasteiger partial charge >= 0.3 is 0 Å². The standard InChI is InChI=1S/C9H15N5O/c1-6-4-11-9(13-10)12-8(6)14-3-2-7(15)5-14/h4,7,15H,2-3,5,10H2,1H3,(H,11,12,13). The summed E-state index contributed by atoms with van der Waals surface area (Å²) in [6, 6.07) is 0. The first-order chi connectivity index (χ1) is 7.20. The van der Waals surface area contributed by atoms with Gasteiger partial charge in [-0.2, -0.15) is 4.98 Å². The molecule has 1 aliphatic heterocycles. The highest BCUT2D eigenvalue weighted by molar-refractivity contribution is 5.49. The van der Waals surface area contributed by atoms with Crippen LogP contribution < -0.4 is 16.2 Å². The second-order valence-electron chi connectivity index (χ2n) is 3.73. The number of nitrogens with zero attached hydrogens (tertiary/aromatic N) is 3. The fourth-order valence-corrected chi connectivity index (χ4v) is 1.76. The lowest BCUT2D eigenvalue weighted by Crippen LogP contribution is -2.24. The van der Waals surface area contributed by atoms with E-state index in [4.69, 9.17) is 5.84 Å². The highest BCUT2D eigenvalue weighted by Gasteiger charge is 2.22. The van der Waals surface area contributed by atoms with Gasteiger partial charge in [0.25, 0.3) is 0 Å². The molecule has 1 unspecified atom stereocenters. The van der Waals surface area contributed by atoms with Crippen LogP contribution in [0.3, 0.4) is 0 Å². The van der Waals surface area contributed by atoms with Crippen LogP contribution in [0.15, 0.2) is 6.20 Å². The minimum Gasteiger partial charge on any atom is -0.391 e. The molecule has 1 saturated heterocycles. The van der Waals surface area contributed by atoms with E-state index in [9.17, 15) is 5.11 Å². The Morgan fingerprint density at radius 1 is 1.67 bits per heavy atom. The van der Waals surface area contributed by atoms with Crippen LogP contribution in [-0.4, -0.2) is 34.3 Å². The normalized spacial score (nSPS) is 20.7. The molecular formula is C9H15N5O. The third kappa shape index (κ3) is 2.00. The number of hydrogen-bond acceptors (Lipinski definition) is 6. The minimum atomic E-state index is -0.256. The van der Waals surface area contributed by atoms with Gasteiger partial charge in [0, 0.05) is 24.8 Å². The molecule has 0 aliphatic carbocycles. The smallest absolute Gasteiger partial charge is 0.239 e. The van der Waals surface area contributed by atoms with Crippen LogP contribution in [0.5, 0.6) is 0 Å².